The molecule has 0 bridgehead atoms. The van der Waals surface area contributed by atoms with Crippen molar-refractivity contribution in [2.24, 2.45) is 5.92 Å². The molecule has 3 rings (SSSR count). The van der Waals surface area contributed by atoms with Gasteiger partial charge >= 0.3 is 0 Å². The van der Waals surface area contributed by atoms with Crippen molar-refractivity contribution in [1.29, 1.82) is 0 Å². The van der Waals surface area contributed by atoms with E-state index in [1.165, 1.54) is 18.9 Å². The van der Waals surface area contributed by atoms with Crippen molar-refractivity contribution in [2.75, 3.05) is 5.32 Å². The van der Waals surface area contributed by atoms with Crippen LogP contribution in [0.1, 0.15) is 18.4 Å². The van der Waals surface area contributed by atoms with Gasteiger partial charge in [0.05, 0.1) is 11.9 Å². The van der Waals surface area contributed by atoms with Crippen LogP contribution in [0.2, 0.25) is 5.02 Å². The second kappa shape index (κ2) is 6.14. The van der Waals surface area contributed by atoms with Crippen molar-refractivity contribution in [3.05, 3.63) is 53.3 Å². The van der Waals surface area contributed by atoms with Gasteiger partial charge in [-0.2, -0.15) is 5.10 Å². The third-order valence-electron chi connectivity index (χ3n) is 3.36. The van der Waals surface area contributed by atoms with Gasteiger partial charge in [-0.1, -0.05) is 29.8 Å². The number of benzene rings is 1. The van der Waals surface area contributed by atoms with E-state index in [1.54, 1.807) is 18.3 Å². The van der Waals surface area contributed by atoms with Gasteiger partial charge in [-0.05, 0) is 36.5 Å². The van der Waals surface area contributed by atoms with Gasteiger partial charge in [0.25, 0.3) is 0 Å². The SMILES string of the molecule is O=C(/C=C/c1ccccc1Cl)Nc1cnn(CC2CC2)c1. The van der Waals surface area contributed by atoms with Crippen LogP contribution in [0.5, 0.6) is 0 Å². The molecule has 1 amide bonds. The van der Waals surface area contributed by atoms with Crippen molar-refractivity contribution < 1.29 is 4.79 Å². The molecule has 1 fully saturated rings. The molecule has 0 radical (unpaired) electrons. The maximum Gasteiger partial charge on any atom is 0.248 e. The maximum absolute atomic E-state index is 11.9. The largest absolute Gasteiger partial charge is 0.320 e. The van der Waals surface area contributed by atoms with Gasteiger partial charge in [-0.15, -0.1) is 0 Å². The molecule has 0 saturated heterocycles. The Hall–Kier alpha value is -2.07. The van der Waals surface area contributed by atoms with E-state index < -0.39 is 0 Å². The number of halogens is 1. The summed E-state index contributed by atoms with van der Waals surface area (Å²) in [5.41, 5.74) is 1.53. The average Bonchev–Trinajstić information content (AvgIpc) is 3.17. The molecular weight excluding hydrogens is 286 g/mol. The number of rotatable bonds is 5. The fraction of sp³-hybridized carbons (Fsp3) is 0.250. The van der Waals surface area contributed by atoms with Crippen LogP contribution < -0.4 is 5.32 Å². The van der Waals surface area contributed by atoms with Crippen LogP contribution in [0.3, 0.4) is 0 Å². The highest BCUT2D eigenvalue weighted by Gasteiger charge is 2.21. The van der Waals surface area contributed by atoms with E-state index in [0.29, 0.717) is 10.7 Å². The lowest BCUT2D eigenvalue weighted by Crippen LogP contribution is -2.07. The predicted molar refractivity (Wildman–Crippen MR) is 84.1 cm³/mol. The highest BCUT2D eigenvalue weighted by Crippen LogP contribution is 2.30. The minimum atomic E-state index is -0.194. The smallest absolute Gasteiger partial charge is 0.248 e. The molecular formula is C16H16ClN3O. The molecule has 2 aromatic rings. The summed E-state index contributed by atoms with van der Waals surface area (Å²) < 4.78 is 1.88. The van der Waals surface area contributed by atoms with E-state index >= 15 is 0 Å². The number of amides is 1. The molecule has 1 aromatic heterocycles. The van der Waals surface area contributed by atoms with E-state index in [9.17, 15) is 4.79 Å². The highest BCUT2D eigenvalue weighted by molar-refractivity contribution is 6.32. The summed E-state index contributed by atoms with van der Waals surface area (Å²) in [6, 6.07) is 7.39. The lowest BCUT2D eigenvalue weighted by atomic mass is 10.2. The summed E-state index contributed by atoms with van der Waals surface area (Å²) in [6.45, 7) is 0.936. The van der Waals surface area contributed by atoms with Crippen LogP contribution in [0, 0.1) is 5.92 Å². The zero-order chi connectivity index (χ0) is 14.7. The molecule has 5 heteroatoms. The van der Waals surface area contributed by atoms with Crippen molar-refractivity contribution in [3.63, 3.8) is 0 Å². The summed E-state index contributed by atoms with van der Waals surface area (Å²) in [4.78, 5) is 11.9. The fourth-order valence-electron chi connectivity index (χ4n) is 2.05. The van der Waals surface area contributed by atoms with Gasteiger partial charge < -0.3 is 5.32 Å². The fourth-order valence-corrected chi connectivity index (χ4v) is 2.25. The van der Waals surface area contributed by atoms with Crippen molar-refractivity contribution in [1.82, 2.24) is 9.78 Å². The molecule has 0 unspecified atom stereocenters. The number of hydrogen-bond acceptors (Lipinski definition) is 2. The third kappa shape index (κ3) is 3.95. The van der Waals surface area contributed by atoms with Crippen LogP contribution in [-0.4, -0.2) is 15.7 Å². The molecule has 21 heavy (non-hydrogen) atoms. The Balaban J connectivity index is 1.58. The quantitative estimate of drug-likeness (QED) is 0.858. The first kappa shape index (κ1) is 13.9. The van der Waals surface area contributed by atoms with Gasteiger partial charge in [-0.25, -0.2) is 0 Å². The molecule has 1 saturated carbocycles. The second-order valence-electron chi connectivity index (χ2n) is 5.24. The number of hydrogen-bond donors (Lipinski definition) is 1. The van der Waals surface area contributed by atoms with E-state index in [1.807, 2.05) is 29.1 Å². The first-order chi connectivity index (χ1) is 10.2. The minimum Gasteiger partial charge on any atom is -0.320 e. The number of carbonyl (C=O) groups is 1. The zero-order valence-electron chi connectivity index (χ0n) is 11.5. The van der Waals surface area contributed by atoms with Gasteiger partial charge in [0.15, 0.2) is 0 Å². The predicted octanol–water partition coefficient (Wildman–Crippen LogP) is 3.60. The van der Waals surface area contributed by atoms with Crippen LogP contribution in [0.15, 0.2) is 42.7 Å². The van der Waals surface area contributed by atoms with Crippen LogP contribution >= 0.6 is 11.6 Å². The monoisotopic (exact) mass is 301 g/mol. The van der Waals surface area contributed by atoms with Crippen molar-refractivity contribution in [2.45, 2.75) is 19.4 Å². The molecule has 1 aliphatic carbocycles. The standard InChI is InChI=1S/C16H16ClN3O/c17-15-4-2-1-3-13(15)7-8-16(21)19-14-9-18-20(11-14)10-12-5-6-12/h1-4,7-9,11-12H,5-6,10H2,(H,19,21)/b8-7+. The first-order valence-corrected chi connectivity index (χ1v) is 7.34. The Morgan fingerprint density at radius 2 is 2.24 bits per heavy atom. The van der Waals surface area contributed by atoms with Crippen LogP contribution in [0.4, 0.5) is 5.69 Å². The molecule has 1 heterocycles. The molecule has 108 valence electrons. The van der Waals surface area contributed by atoms with Gasteiger partial charge in [0.2, 0.25) is 5.91 Å². The summed E-state index contributed by atoms with van der Waals surface area (Å²) in [5.74, 6) is 0.564. The zero-order valence-corrected chi connectivity index (χ0v) is 12.3. The topological polar surface area (TPSA) is 46.9 Å². The summed E-state index contributed by atoms with van der Waals surface area (Å²) in [7, 11) is 0. The molecule has 1 N–H and O–H groups in total. The normalized spacial score (nSPS) is 14.5. The lowest BCUT2D eigenvalue weighted by Gasteiger charge is -1.99. The van der Waals surface area contributed by atoms with Crippen LogP contribution in [-0.2, 0) is 11.3 Å². The Bertz CT molecular complexity index is 674. The van der Waals surface area contributed by atoms with E-state index in [4.69, 9.17) is 11.6 Å². The number of nitrogens with one attached hydrogen (secondary N) is 1. The molecule has 0 aliphatic heterocycles. The Morgan fingerprint density at radius 3 is 3.00 bits per heavy atom. The van der Waals surface area contributed by atoms with E-state index in [-0.39, 0.29) is 5.91 Å². The third-order valence-corrected chi connectivity index (χ3v) is 3.71. The van der Waals surface area contributed by atoms with Crippen LogP contribution in [0.25, 0.3) is 6.08 Å². The minimum absolute atomic E-state index is 0.194. The maximum atomic E-state index is 11.9. The molecule has 4 nitrogen and oxygen atoms in total. The Labute approximate surface area is 128 Å². The Kier molecular flexibility index (Phi) is 4.06. The summed E-state index contributed by atoms with van der Waals surface area (Å²) in [5, 5.41) is 7.66. The van der Waals surface area contributed by atoms with Crippen molar-refractivity contribution >= 4 is 29.3 Å². The number of nitrogens with zero attached hydrogens (tertiary/aromatic N) is 2. The van der Waals surface area contributed by atoms with E-state index in [0.717, 1.165) is 18.0 Å². The summed E-state index contributed by atoms with van der Waals surface area (Å²) in [6.07, 6.45) is 9.26. The van der Waals surface area contributed by atoms with E-state index in [2.05, 4.69) is 10.4 Å². The Morgan fingerprint density at radius 1 is 1.43 bits per heavy atom. The molecule has 1 aliphatic rings. The van der Waals surface area contributed by atoms with Gasteiger partial charge in [-0.3, -0.25) is 9.48 Å². The number of anilines is 1. The first-order valence-electron chi connectivity index (χ1n) is 6.97. The number of aromatic nitrogens is 2. The molecule has 1 aromatic carbocycles. The number of carbonyl (C=O) groups excluding carboxylic acids is 1. The van der Waals surface area contributed by atoms with Crippen molar-refractivity contribution in [3.8, 4) is 0 Å². The summed E-state index contributed by atoms with van der Waals surface area (Å²) >= 11 is 6.03. The highest BCUT2D eigenvalue weighted by atomic mass is 35.5. The lowest BCUT2D eigenvalue weighted by molar-refractivity contribution is -0.111. The van der Waals surface area contributed by atoms with Gasteiger partial charge in [0, 0.05) is 23.8 Å². The molecule has 0 spiro atoms. The average molecular weight is 302 g/mol. The molecule has 0 atom stereocenters. The van der Waals surface area contributed by atoms with Gasteiger partial charge in [0.1, 0.15) is 0 Å². The second-order valence-corrected chi connectivity index (χ2v) is 5.65.